The van der Waals surface area contributed by atoms with Gasteiger partial charge in [-0.05, 0) is 25.2 Å². The Morgan fingerprint density at radius 3 is 2.95 bits per heavy atom. The first-order valence-electron chi connectivity index (χ1n) is 7.36. The molecule has 0 aliphatic heterocycles. The second-order valence-electron chi connectivity index (χ2n) is 5.80. The molecule has 1 aliphatic carbocycles. The van der Waals surface area contributed by atoms with Gasteiger partial charge in [0.05, 0.1) is 6.07 Å². The number of rotatable bonds is 4. The van der Waals surface area contributed by atoms with Crippen LogP contribution in [0.3, 0.4) is 0 Å². The third kappa shape index (κ3) is 3.82. The quantitative estimate of drug-likeness (QED) is 0.908. The van der Waals surface area contributed by atoms with Crippen molar-refractivity contribution >= 4 is 0 Å². The molecule has 4 heteroatoms. The number of aromatic amines is 1. The number of nitrogens with one attached hydrogen (secondary N) is 1. The smallest absolute Gasteiger partial charge is 0.254 e. The van der Waals surface area contributed by atoms with E-state index in [0.717, 1.165) is 18.8 Å². The maximum atomic E-state index is 11.6. The predicted octanol–water partition coefficient (Wildman–Crippen LogP) is 3.24. The summed E-state index contributed by atoms with van der Waals surface area (Å²) >= 11 is 0. The topological polar surface area (TPSA) is 55.0 Å². The van der Waals surface area contributed by atoms with Crippen molar-refractivity contribution in [1.29, 1.82) is 0 Å². The summed E-state index contributed by atoms with van der Waals surface area (Å²) in [6.07, 6.45) is 6.09. The van der Waals surface area contributed by atoms with E-state index in [4.69, 9.17) is 4.74 Å². The largest absolute Gasteiger partial charge is 0.474 e. The molecule has 0 bridgehead atoms. The first kappa shape index (κ1) is 14.1. The molecule has 19 heavy (non-hydrogen) atoms. The van der Waals surface area contributed by atoms with E-state index < -0.39 is 0 Å². The van der Waals surface area contributed by atoms with E-state index in [1.54, 1.807) is 0 Å². The molecule has 2 unspecified atom stereocenters. The number of nitrogens with zero attached hydrogens (tertiary/aromatic N) is 1. The highest BCUT2D eigenvalue weighted by atomic mass is 16.5. The second-order valence-corrected chi connectivity index (χ2v) is 5.80. The van der Waals surface area contributed by atoms with Crippen molar-refractivity contribution in [2.45, 2.75) is 64.9 Å². The fourth-order valence-electron chi connectivity index (χ4n) is 2.68. The highest BCUT2D eigenvalue weighted by Gasteiger charge is 2.22. The Balaban J connectivity index is 2.08. The van der Waals surface area contributed by atoms with Crippen LogP contribution in [-0.2, 0) is 0 Å². The van der Waals surface area contributed by atoms with Crippen molar-refractivity contribution in [2.24, 2.45) is 5.92 Å². The summed E-state index contributed by atoms with van der Waals surface area (Å²) in [5.41, 5.74) is -0.128. The fraction of sp³-hybridized carbons (Fsp3) is 0.733. The van der Waals surface area contributed by atoms with Gasteiger partial charge < -0.3 is 9.72 Å². The molecule has 2 atom stereocenters. The van der Waals surface area contributed by atoms with Crippen LogP contribution in [0.15, 0.2) is 10.9 Å². The van der Waals surface area contributed by atoms with E-state index >= 15 is 0 Å². The Bertz CT molecular complexity index is 467. The molecule has 1 fully saturated rings. The monoisotopic (exact) mass is 264 g/mol. The van der Waals surface area contributed by atoms with Crippen molar-refractivity contribution in [3.05, 3.63) is 22.2 Å². The molecule has 2 rings (SSSR count). The van der Waals surface area contributed by atoms with Gasteiger partial charge in [-0.1, -0.05) is 33.6 Å². The van der Waals surface area contributed by atoms with Gasteiger partial charge in [-0.2, -0.15) is 4.98 Å². The Morgan fingerprint density at radius 2 is 2.26 bits per heavy atom. The molecule has 1 aromatic heterocycles. The van der Waals surface area contributed by atoms with E-state index in [1.165, 1.54) is 25.3 Å². The lowest BCUT2D eigenvalue weighted by atomic mass is 9.85. The van der Waals surface area contributed by atoms with Gasteiger partial charge in [0.15, 0.2) is 0 Å². The summed E-state index contributed by atoms with van der Waals surface area (Å²) in [7, 11) is 0. The molecule has 0 spiro atoms. The van der Waals surface area contributed by atoms with Gasteiger partial charge in [-0.15, -0.1) is 0 Å². The summed E-state index contributed by atoms with van der Waals surface area (Å²) in [6, 6.07) is 1.46. The zero-order chi connectivity index (χ0) is 13.8. The van der Waals surface area contributed by atoms with Gasteiger partial charge in [-0.25, -0.2) is 0 Å². The molecule has 0 aromatic carbocycles. The van der Waals surface area contributed by atoms with Crippen molar-refractivity contribution < 1.29 is 4.74 Å². The summed E-state index contributed by atoms with van der Waals surface area (Å²) in [5.74, 6) is 2.14. The van der Waals surface area contributed by atoms with E-state index in [-0.39, 0.29) is 17.6 Å². The molecule has 106 valence electrons. The van der Waals surface area contributed by atoms with Crippen molar-refractivity contribution in [3.8, 4) is 5.88 Å². The molecule has 1 saturated carbocycles. The minimum atomic E-state index is -0.128. The minimum absolute atomic E-state index is 0.128. The van der Waals surface area contributed by atoms with Crippen LogP contribution >= 0.6 is 0 Å². The maximum Gasteiger partial charge on any atom is 0.254 e. The number of ether oxygens (including phenoxy) is 1. The Morgan fingerprint density at radius 1 is 1.47 bits per heavy atom. The van der Waals surface area contributed by atoms with Crippen molar-refractivity contribution in [3.63, 3.8) is 0 Å². The number of H-pyrrole nitrogens is 1. The van der Waals surface area contributed by atoms with E-state index in [1.807, 2.05) is 13.8 Å². The molecule has 1 heterocycles. The van der Waals surface area contributed by atoms with Gasteiger partial charge in [0.25, 0.3) is 5.56 Å². The average molecular weight is 264 g/mol. The summed E-state index contributed by atoms with van der Waals surface area (Å²) in [6.45, 7) is 6.25. The van der Waals surface area contributed by atoms with Crippen LogP contribution in [0.1, 0.15) is 64.6 Å². The highest BCUT2D eigenvalue weighted by molar-refractivity contribution is 5.11. The van der Waals surface area contributed by atoms with Crippen LogP contribution in [0.25, 0.3) is 0 Å². The lowest BCUT2D eigenvalue weighted by molar-refractivity contribution is 0.116. The maximum absolute atomic E-state index is 11.6. The zero-order valence-electron chi connectivity index (χ0n) is 12.1. The van der Waals surface area contributed by atoms with Gasteiger partial charge in [0.1, 0.15) is 11.9 Å². The molecule has 1 aliphatic rings. The van der Waals surface area contributed by atoms with Crippen LogP contribution in [-0.4, -0.2) is 16.1 Å². The second kappa shape index (κ2) is 6.22. The van der Waals surface area contributed by atoms with Crippen LogP contribution in [0.2, 0.25) is 0 Å². The number of hydrogen-bond acceptors (Lipinski definition) is 3. The molecule has 0 amide bonds. The molecular formula is C15H24N2O2. The number of aromatic nitrogens is 2. The number of hydrogen-bond donors (Lipinski definition) is 1. The van der Waals surface area contributed by atoms with E-state index in [2.05, 4.69) is 16.9 Å². The molecule has 0 radical (unpaired) electrons. The van der Waals surface area contributed by atoms with Crippen LogP contribution in [0.4, 0.5) is 0 Å². The standard InChI is InChI=1S/C15H24N2O2/c1-4-11-6-5-7-12(8-11)19-14-9-13(18)16-15(17-14)10(2)3/h9-12H,4-8H2,1-3H3,(H,16,17,18). The summed E-state index contributed by atoms with van der Waals surface area (Å²) < 4.78 is 5.93. The molecule has 1 aromatic rings. The van der Waals surface area contributed by atoms with E-state index in [9.17, 15) is 4.79 Å². The summed E-state index contributed by atoms with van der Waals surface area (Å²) in [4.78, 5) is 18.8. The van der Waals surface area contributed by atoms with E-state index in [0.29, 0.717) is 11.7 Å². The van der Waals surface area contributed by atoms with Crippen molar-refractivity contribution in [1.82, 2.24) is 9.97 Å². The normalized spacial score (nSPS) is 23.6. The van der Waals surface area contributed by atoms with Gasteiger partial charge in [-0.3, -0.25) is 4.79 Å². The molecular weight excluding hydrogens is 240 g/mol. The first-order chi connectivity index (χ1) is 9.08. The van der Waals surface area contributed by atoms with Crippen LogP contribution in [0.5, 0.6) is 5.88 Å². The van der Waals surface area contributed by atoms with Gasteiger partial charge in [0.2, 0.25) is 5.88 Å². The summed E-state index contributed by atoms with van der Waals surface area (Å²) in [5, 5.41) is 0. The average Bonchev–Trinajstić information content (AvgIpc) is 2.38. The Labute approximate surface area is 114 Å². The van der Waals surface area contributed by atoms with Crippen molar-refractivity contribution in [2.75, 3.05) is 0 Å². The molecule has 4 nitrogen and oxygen atoms in total. The third-order valence-electron chi connectivity index (χ3n) is 3.88. The Kier molecular flexibility index (Phi) is 4.61. The molecule has 0 saturated heterocycles. The lowest BCUT2D eigenvalue weighted by Gasteiger charge is -2.28. The zero-order valence-corrected chi connectivity index (χ0v) is 12.1. The third-order valence-corrected chi connectivity index (χ3v) is 3.88. The van der Waals surface area contributed by atoms with Gasteiger partial charge in [0, 0.05) is 5.92 Å². The highest BCUT2D eigenvalue weighted by Crippen LogP contribution is 2.29. The SMILES string of the molecule is CCC1CCCC(Oc2cc(=O)[nH]c(C(C)C)n2)C1. The lowest BCUT2D eigenvalue weighted by Crippen LogP contribution is -2.26. The van der Waals surface area contributed by atoms with Gasteiger partial charge >= 0.3 is 0 Å². The van der Waals surface area contributed by atoms with Crippen LogP contribution < -0.4 is 10.3 Å². The van der Waals surface area contributed by atoms with Crippen LogP contribution in [0, 0.1) is 5.92 Å². The molecule has 1 N–H and O–H groups in total. The first-order valence-corrected chi connectivity index (χ1v) is 7.36. The Hall–Kier alpha value is -1.32. The fourth-order valence-corrected chi connectivity index (χ4v) is 2.68. The minimum Gasteiger partial charge on any atom is -0.474 e. The predicted molar refractivity (Wildman–Crippen MR) is 75.6 cm³/mol.